The second kappa shape index (κ2) is 7.19. The van der Waals surface area contributed by atoms with Crippen molar-refractivity contribution >= 4 is 50.0 Å². The molecular weight excluding hydrogens is 350 g/mol. The molecule has 1 aromatic carbocycles. The molecule has 0 bridgehead atoms. The van der Waals surface area contributed by atoms with Gasteiger partial charge in [-0.25, -0.2) is 12.7 Å². The summed E-state index contributed by atoms with van der Waals surface area (Å²) in [5.74, 6) is 0. The van der Waals surface area contributed by atoms with E-state index in [-0.39, 0.29) is 17.2 Å². The molecule has 0 amide bonds. The molecule has 8 heteroatoms. The van der Waals surface area contributed by atoms with Crippen molar-refractivity contribution in [3.8, 4) is 0 Å². The zero-order valence-corrected chi connectivity index (χ0v) is 16.1. The molecule has 23 heavy (non-hydrogen) atoms. The Labute approximate surface area is 147 Å². The topological polar surface area (TPSA) is 53.0 Å². The van der Waals surface area contributed by atoms with Gasteiger partial charge in [0.15, 0.2) is 10.3 Å². The molecule has 0 aliphatic carbocycles. The third-order valence-corrected chi connectivity index (χ3v) is 6.86. The molecule has 0 radical (unpaired) electrons. The number of amidine groups is 1. The van der Waals surface area contributed by atoms with Gasteiger partial charge in [0.25, 0.3) is 10.0 Å². The minimum Gasteiger partial charge on any atom is -0.343 e. The van der Waals surface area contributed by atoms with E-state index in [9.17, 15) is 8.42 Å². The molecule has 0 atom stereocenters. The molecular formula is C15H21N3O2S3. The first kappa shape index (κ1) is 18.2. The van der Waals surface area contributed by atoms with E-state index in [2.05, 4.69) is 4.99 Å². The molecule has 0 N–H and O–H groups in total. The largest absolute Gasteiger partial charge is 0.343 e. The highest BCUT2D eigenvalue weighted by molar-refractivity contribution is 8.27. The van der Waals surface area contributed by atoms with E-state index in [0.717, 1.165) is 0 Å². The number of hydrogen-bond donors (Lipinski definition) is 0. The Balaban J connectivity index is 2.39. The minimum absolute atomic E-state index is 0.0211. The highest BCUT2D eigenvalue weighted by Crippen LogP contribution is 2.31. The molecule has 1 fully saturated rings. The van der Waals surface area contributed by atoms with Gasteiger partial charge < -0.3 is 4.90 Å². The summed E-state index contributed by atoms with van der Waals surface area (Å²) < 4.78 is 26.0. The van der Waals surface area contributed by atoms with E-state index in [4.69, 9.17) is 12.2 Å². The van der Waals surface area contributed by atoms with Crippen LogP contribution in [-0.2, 0) is 10.0 Å². The lowest BCUT2D eigenvalue weighted by Gasteiger charge is -2.31. The molecule has 5 nitrogen and oxygen atoms in total. The van der Waals surface area contributed by atoms with E-state index in [0.29, 0.717) is 16.0 Å². The third-order valence-electron chi connectivity index (χ3n) is 3.30. The molecule has 2 rings (SSSR count). The van der Waals surface area contributed by atoms with Crippen LogP contribution in [-0.4, -0.2) is 40.8 Å². The predicted molar refractivity (Wildman–Crippen MR) is 102 cm³/mol. The summed E-state index contributed by atoms with van der Waals surface area (Å²) in [7, 11) is -3.41. The van der Waals surface area contributed by atoms with Gasteiger partial charge in [0.1, 0.15) is 5.08 Å². The van der Waals surface area contributed by atoms with Crippen LogP contribution in [0.4, 0.5) is 5.69 Å². The first-order valence-electron chi connectivity index (χ1n) is 7.36. The summed E-state index contributed by atoms with van der Waals surface area (Å²) >= 11 is 6.64. The maximum absolute atomic E-state index is 12.4. The predicted octanol–water partition coefficient (Wildman–Crippen LogP) is 3.29. The van der Waals surface area contributed by atoms with E-state index < -0.39 is 10.0 Å². The fourth-order valence-electron chi connectivity index (χ4n) is 2.45. The monoisotopic (exact) mass is 371 g/mol. The number of nitrogens with zero attached hydrogens (tertiary/aromatic N) is 3. The number of anilines is 1. The molecule has 1 aliphatic rings. The van der Waals surface area contributed by atoms with Gasteiger partial charge >= 0.3 is 0 Å². The van der Waals surface area contributed by atoms with Gasteiger partial charge in [-0.3, -0.25) is 0 Å². The summed E-state index contributed by atoms with van der Waals surface area (Å²) in [6.07, 6.45) is 0. The van der Waals surface area contributed by atoms with Gasteiger partial charge in [-0.2, -0.15) is 4.99 Å². The molecule has 126 valence electrons. The zero-order chi connectivity index (χ0) is 17.2. The van der Waals surface area contributed by atoms with Crippen molar-refractivity contribution in [1.82, 2.24) is 4.90 Å². The van der Waals surface area contributed by atoms with E-state index in [1.54, 1.807) is 24.3 Å². The van der Waals surface area contributed by atoms with Crippen molar-refractivity contribution in [1.29, 1.82) is 0 Å². The van der Waals surface area contributed by atoms with Gasteiger partial charge in [0, 0.05) is 12.1 Å². The molecule has 0 spiro atoms. The van der Waals surface area contributed by atoms with E-state index in [1.807, 2.05) is 38.7 Å². The standard InChI is InChI=1S/C15H21N3O2S3/c1-11(2)17(12(3)4)14(21)16-15-18(23(19,20)10-22-15)13-8-6-5-7-9-13/h5-9,11-12H,10H2,1-4H3. The average molecular weight is 372 g/mol. The second-order valence-corrected chi connectivity index (χ2v) is 9.24. The Kier molecular flexibility index (Phi) is 5.70. The van der Waals surface area contributed by atoms with Crippen molar-refractivity contribution in [2.45, 2.75) is 39.8 Å². The van der Waals surface area contributed by atoms with Crippen molar-refractivity contribution in [2.75, 3.05) is 9.39 Å². The quantitative estimate of drug-likeness (QED) is 0.763. The van der Waals surface area contributed by atoms with Gasteiger partial charge in [0.05, 0.1) is 5.69 Å². The summed E-state index contributed by atoms with van der Waals surface area (Å²) in [5.41, 5.74) is 0.583. The van der Waals surface area contributed by atoms with Crippen LogP contribution in [0.1, 0.15) is 27.7 Å². The lowest BCUT2D eigenvalue weighted by atomic mass is 10.2. The summed E-state index contributed by atoms with van der Waals surface area (Å²) in [6.45, 7) is 8.17. The highest BCUT2D eigenvalue weighted by atomic mass is 32.3. The summed E-state index contributed by atoms with van der Waals surface area (Å²) in [6, 6.07) is 9.35. The van der Waals surface area contributed by atoms with Crippen LogP contribution in [0.25, 0.3) is 0 Å². The Hall–Kier alpha value is -1.12. The summed E-state index contributed by atoms with van der Waals surface area (Å²) in [4.78, 5) is 6.45. The van der Waals surface area contributed by atoms with E-state index in [1.165, 1.54) is 16.1 Å². The Bertz CT molecular complexity index is 692. The second-order valence-electron chi connectivity index (χ2n) is 5.75. The number of para-hydroxylation sites is 1. The summed E-state index contributed by atoms with van der Waals surface area (Å²) in [5, 5.41) is 0.801. The number of thioether (sulfide) groups is 1. The maximum atomic E-state index is 12.4. The van der Waals surface area contributed by atoms with Crippen molar-refractivity contribution in [2.24, 2.45) is 4.99 Å². The van der Waals surface area contributed by atoms with Gasteiger partial charge in [-0.05, 0) is 52.0 Å². The molecule has 1 aromatic rings. The molecule has 1 aliphatic heterocycles. The molecule has 0 unspecified atom stereocenters. The first-order valence-corrected chi connectivity index (χ1v) is 10.4. The van der Waals surface area contributed by atoms with Crippen molar-refractivity contribution in [3.63, 3.8) is 0 Å². The van der Waals surface area contributed by atoms with Crippen LogP contribution < -0.4 is 4.31 Å². The average Bonchev–Trinajstić information content (AvgIpc) is 2.73. The van der Waals surface area contributed by atoms with Crippen LogP contribution >= 0.6 is 24.0 Å². The van der Waals surface area contributed by atoms with Crippen LogP contribution in [0.3, 0.4) is 0 Å². The SMILES string of the molecule is CC(C)N(C(=S)N=C1SCS(=O)(=O)N1c1ccccc1)C(C)C. The number of aliphatic imine (C=N–C) groups is 1. The van der Waals surface area contributed by atoms with Gasteiger partial charge in [-0.15, -0.1) is 0 Å². The first-order chi connectivity index (χ1) is 10.7. The lowest BCUT2D eigenvalue weighted by molar-refractivity contribution is 0.294. The van der Waals surface area contributed by atoms with Crippen LogP contribution in [0.15, 0.2) is 35.3 Å². The van der Waals surface area contributed by atoms with Crippen LogP contribution in [0.2, 0.25) is 0 Å². The number of rotatable bonds is 3. The zero-order valence-electron chi connectivity index (χ0n) is 13.6. The molecule has 1 heterocycles. The maximum Gasteiger partial charge on any atom is 0.250 e. The van der Waals surface area contributed by atoms with Crippen LogP contribution in [0.5, 0.6) is 0 Å². The Morgan fingerprint density at radius 2 is 1.78 bits per heavy atom. The number of hydrogen-bond acceptors (Lipinski definition) is 4. The van der Waals surface area contributed by atoms with Gasteiger partial charge in [0.2, 0.25) is 0 Å². The third kappa shape index (κ3) is 4.05. The lowest BCUT2D eigenvalue weighted by Crippen LogP contribution is -2.41. The number of sulfonamides is 1. The van der Waals surface area contributed by atoms with E-state index >= 15 is 0 Å². The van der Waals surface area contributed by atoms with Crippen molar-refractivity contribution < 1.29 is 8.42 Å². The fraction of sp³-hybridized carbons (Fsp3) is 0.467. The minimum atomic E-state index is -3.41. The molecule has 0 aromatic heterocycles. The Morgan fingerprint density at radius 1 is 1.22 bits per heavy atom. The smallest absolute Gasteiger partial charge is 0.250 e. The molecule has 0 saturated carbocycles. The van der Waals surface area contributed by atoms with Crippen molar-refractivity contribution in [3.05, 3.63) is 30.3 Å². The van der Waals surface area contributed by atoms with Gasteiger partial charge in [-0.1, -0.05) is 30.0 Å². The number of thiocarbonyl (C=S) groups is 1. The number of benzene rings is 1. The highest BCUT2D eigenvalue weighted by Gasteiger charge is 2.36. The molecule has 1 saturated heterocycles. The fourth-order valence-corrected chi connectivity index (χ4v) is 6.05. The normalized spacial score (nSPS) is 18.9. The Morgan fingerprint density at radius 3 is 2.30 bits per heavy atom. The van der Waals surface area contributed by atoms with Crippen LogP contribution in [0, 0.1) is 0 Å².